The Labute approximate surface area is 119 Å². The van der Waals surface area contributed by atoms with Crippen LogP contribution in [-0.2, 0) is 4.74 Å². The summed E-state index contributed by atoms with van der Waals surface area (Å²) in [6.45, 7) is 10.0. The summed E-state index contributed by atoms with van der Waals surface area (Å²) in [5.74, 6) is 0. The van der Waals surface area contributed by atoms with Crippen molar-refractivity contribution in [3.63, 3.8) is 0 Å². The second kappa shape index (κ2) is 7.61. The molecule has 0 aromatic rings. The zero-order chi connectivity index (χ0) is 13.7. The lowest BCUT2D eigenvalue weighted by Crippen LogP contribution is -2.54. The standard InChI is InChI=1S/C16H32N2O/c1-4-10-17-14-6-8-16(9-7-14)18-11-13(3)19-12-15(18)5-2/h13-17H,4-12H2,1-3H3. The van der Waals surface area contributed by atoms with E-state index in [0.717, 1.165) is 25.2 Å². The molecule has 1 saturated carbocycles. The highest BCUT2D eigenvalue weighted by Gasteiger charge is 2.33. The molecular weight excluding hydrogens is 236 g/mol. The van der Waals surface area contributed by atoms with Crippen molar-refractivity contribution in [3.8, 4) is 0 Å². The Morgan fingerprint density at radius 3 is 2.53 bits per heavy atom. The van der Waals surface area contributed by atoms with Gasteiger partial charge in [0.05, 0.1) is 12.7 Å². The van der Waals surface area contributed by atoms with E-state index in [1.807, 2.05) is 0 Å². The van der Waals surface area contributed by atoms with Crippen LogP contribution in [0.15, 0.2) is 0 Å². The van der Waals surface area contributed by atoms with Crippen LogP contribution in [0.5, 0.6) is 0 Å². The number of nitrogens with zero attached hydrogens (tertiary/aromatic N) is 1. The minimum Gasteiger partial charge on any atom is -0.376 e. The molecule has 0 aromatic carbocycles. The molecule has 1 aliphatic heterocycles. The van der Waals surface area contributed by atoms with Gasteiger partial charge in [0.2, 0.25) is 0 Å². The number of rotatable bonds is 5. The van der Waals surface area contributed by atoms with Crippen molar-refractivity contribution in [2.45, 2.75) is 83.5 Å². The predicted octanol–water partition coefficient (Wildman–Crippen LogP) is 2.80. The topological polar surface area (TPSA) is 24.5 Å². The number of hydrogen-bond acceptors (Lipinski definition) is 3. The molecule has 2 fully saturated rings. The zero-order valence-corrected chi connectivity index (χ0v) is 13.0. The van der Waals surface area contributed by atoms with Crippen molar-refractivity contribution in [1.82, 2.24) is 10.2 Å². The van der Waals surface area contributed by atoms with E-state index in [1.165, 1.54) is 45.1 Å². The molecule has 3 nitrogen and oxygen atoms in total. The molecule has 1 saturated heterocycles. The molecule has 1 aliphatic carbocycles. The van der Waals surface area contributed by atoms with Crippen LogP contribution in [0.1, 0.15) is 59.3 Å². The second-order valence-electron chi connectivity index (χ2n) is 6.36. The summed E-state index contributed by atoms with van der Waals surface area (Å²) >= 11 is 0. The van der Waals surface area contributed by atoms with Crippen molar-refractivity contribution in [1.29, 1.82) is 0 Å². The molecule has 0 amide bonds. The van der Waals surface area contributed by atoms with E-state index in [2.05, 4.69) is 31.0 Å². The molecule has 0 aromatic heterocycles. The number of nitrogens with one attached hydrogen (secondary N) is 1. The molecular formula is C16H32N2O. The van der Waals surface area contributed by atoms with Gasteiger partial charge in [-0.05, 0) is 52.0 Å². The zero-order valence-electron chi connectivity index (χ0n) is 13.0. The van der Waals surface area contributed by atoms with E-state index >= 15 is 0 Å². The molecule has 2 unspecified atom stereocenters. The van der Waals surface area contributed by atoms with Crippen LogP contribution in [0, 0.1) is 0 Å². The van der Waals surface area contributed by atoms with Gasteiger partial charge in [-0.3, -0.25) is 4.90 Å². The average molecular weight is 268 g/mol. The van der Waals surface area contributed by atoms with Gasteiger partial charge < -0.3 is 10.1 Å². The normalized spacial score (nSPS) is 37.4. The van der Waals surface area contributed by atoms with Crippen LogP contribution < -0.4 is 5.32 Å². The van der Waals surface area contributed by atoms with Gasteiger partial charge in [-0.15, -0.1) is 0 Å². The number of morpholine rings is 1. The van der Waals surface area contributed by atoms with Crippen molar-refractivity contribution >= 4 is 0 Å². The van der Waals surface area contributed by atoms with Gasteiger partial charge in [-0.25, -0.2) is 0 Å². The van der Waals surface area contributed by atoms with Gasteiger partial charge in [0, 0.05) is 24.7 Å². The molecule has 2 aliphatic rings. The van der Waals surface area contributed by atoms with E-state index in [0.29, 0.717) is 12.1 Å². The van der Waals surface area contributed by atoms with E-state index in [-0.39, 0.29) is 0 Å². The quantitative estimate of drug-likeness (QED) is 0.830. The fourth-order valence-electron chi connectivity index (χ4n) is 3.63. The molecule has 3 heteroatoms. The largest absolute Gasteiger partial charge is 0.376 e. The minimum atomic E-state index is 0.415. The maximum Gasteiger partial charge on any atom is 0.0674 e. The maximum atomic E-state index is 5.82. The van der Waals surface area contributed by atoms with Crippen LogP contribution >= 0.6 is 0 Å². The third kappa shape index (κ3) is 4.17. The van der Waals surface area contributed by atoms with Crippen molar-refractivity contribution in [3.05, 3.63) is 0 Å². The first kappa shape index (κ1) is 15.3. The lowest BCUT2D eigenvalue weighted by atomic mass is 9.88. The van der Waals surface area contributed by atoms with Gasteiger partial charge >= 0.3 is 0 Å². The third-order valence-electron chi connectivity index (χ3n) is 4.83. The van der Waals surface area contributed by atoms with Crippen molar-refractivity contribution in [2.75, 3.05) is 19.7 Å². The van der Waals surface area contributed by atoms with E-state index in [1.54, 1.807) is 0 Å². The molecule has 1 heterocycles. The van der Waals surface area contributed by atoms with Gasteiger partial charge in [-0.1, -0.05) is 13.8 Å². The monoisotopic (exact) mass is 268 g/mol. The SMILES string of the molecule is CCCNC1CCC(N2CC(C)OCC2CC)CC1. The molecule has 2 rings (SSSR count). The molecule has 0 bridgehead atoms. The molecule has 2 atom stereocenters. The Hall–Kier alpha value is -0.120. The summed E-state index contributed by atoms with van der Waals surface area (Å²) < 4.78 is 5.82. The number of hydrogen-bond donors (Lipinski definition) is 1. The van der Waals surface area contributed by atoms with Crippen LogP contribution in [0.25, 0.3) is 0 Å². The van der Waals surface area contributed by atoms with Gasteiger partial charge in [-0.2, -0.15) is 0 Å². The van der Waals surface area contributed by atoms with E-state index in [4.69, 9.17) is 4.74 Å². The summed E-state index contributed by atoms with van der Waals surface area (Å²) in [6.07, 6.45) is 8.33. The summed E-state index contributed by atoms with van der Waals surface area (Å²) in [4.78, 5) is 2.75. The van der Waals surface area contributed by atoms with E-state index < -0.39 is 0 Å². The van der Waals surface area contributed by atoms with Crippen LogP contribution in [0.2, 0.25) is 0 Å². The summed E-state index contributed by atoms with van der Waals surface area (Å²) in [6, 6.07) is 2.23. The molecule has 19 heavy (non-hydrogen) atoms. The highest BCUT2D eigenvalue weighted by molar-refractivity contribution is 4.88. The van der Waals surface area contributed by atoms with Crippen molar-refractivity contribution < 1.29 is 4.74 Å². The Morgan fingerprint density at radius 1 is 1.16 bits per heavy atom. The molecule has 0 radical (unpaired) electrons. The summed E-state index contributed by atoms with van der Waals surface area (Å²) in [5, 5.41) is 3.69. The lowest BCUT2D eigenvalue weighted by molar-refractivity contribution is -0.0783. The first-order chi connectivity index (χ1) is 9.24. The molecule has 1 N–H and O–H groups in total. The Balaban J connectivity index is 1.81. The first-order valence-electron chi connectivity index (χ1n) is 8.35. The predicted molar refractivity (Wildman–Crippen MR) is 80.5 cm³/mol. The Kier molecular flexibility index (Phi) is 6.11. The third-order valence-corrected chi connectivity index (χ3v) is 4.83. The van der Waals surface area contributed by atoms with Crippen molar-refractivity contribution in [2.24, 2.45) is 0 Å². The van der Waals surface area contributed by atoms with Gasteiger partial charge in [0.1, 0.15) is 0 Å². The fraction of sp³-hybridized carbons (Fsp3) is 1.00. The highest BCUT2D eigenvalue weighted by atomic mass is 16.5. The first-order valence-corrected chi connectivity index (χ1v) is 8.35. The fourth-order valence-corrected chi connectivity index (χ4v) is 3.63. The maximum absolute atomic E-state index is 5.82. The van der Waals surface area contributed by atoms with Gasteiger partial charge in [0.25, 0.3) is 0 Å². The highest BCUT2D eigenvalue weighted by Crippen LogP contribution is 2.28. The van der Waals surface area contributed by atoms with Crippen LogP contribution in [-0.4, -0.2) is 48.8 Å². The van der Waals surface area contributed by atoms with E-state index in [9.17, 15) is 0 Å². The minimum absolute atomic E-state index is 0.415. The molecule has 112 valence electrons. The smallest absolute Gasteiger partial charge is 0.0674 e. The number of ether oxygens (including phenoxy) is 1. The summed E-state index contributed by atoms with van der Waals surface area (Å²) in [7, 11) is 0. The average Bonchev–Trinajstić information content (AvgIpc) is 2.45. The molecule has 0 spiro atoms. The second-order valence-corrected chi connectivity index (χ2v) is 6.36. The lowest BCUT2D eigenvalue weighted by Gasteiger charge is -2.45. The summed E-state index contributed by atoms with van der Waals surface area (Å²) in [5.41, 5.74) is 0. The van der Waals surface area contributed by atoms with Crippen LogP contribution in [0.4, 0.5) is 0 Å². The Bertz CT molecular complexity index is 251. The van der Waals surface area contributed by atoms with Gasteiger partial charge in [0.15, 0.2) is 0 Å². The van der Waals surface area contributed by atoms with Crippen LogP contribution in [0.3, 0.4) is 0 Å². The Morgan fingerprint density at radius 2 is 1.89 bits per heavy atom.